The molecular weight excluding hydrogens is 218 g/mol. The summed E-state index contributed by atoms with van der Waals surface area (Å²) < 4.78 is 0. The van der Waals surface area contributed by atoms with E-state index in [1.54, 1.807) is 0 Å². The second kappa shape index (κ2) is 7.24. The summed E-state index contributed by atoms with van der Waals surface area (Å²) >= 11 is 0. The van der Waals surface area contributed by atoms with Crippen LogP contribution in [0.4, 0.5) is 0 Å². The Bertz CT molecular complexity index is 367. The number of hydrogen-bond donors (Lipinski definition) is 1. The third kappa shape index (κ3) is 5.89. The van der Waals surface area contributed by atoms with Gasteiger partial charge in [0.05, 0.1) is 0 Å². The van der Waals surface area contributed by atoms with Gasteiger partial charge in [-0.15, -0.1) is 12.3 Å². The number of terminal acetylenes is 1. The van der Waals surface area contributed by atoms with Crippen molar-refractivity contribution in [3.63, 3.8) is 0 Å². The summed E-state index contributed by atoms with van der Waals surface area (Å²) in [6.45, 7) is 7.84. The van der Waals surface area contributed by atoms with Gasteiger partial charge in [-0.3, -0.25) is 0 Å². The van der Waals surface area contributed by atoms with Gasteiger partial charge in [-0.05, 0) is 30.4 Å². The summed E-state index contributed by atoms with van der Waals surface area (Å²) in [6.07, 6.45) is 8.31. The van der Waals surface area contributed by atoms with Crippen LogP contribution in [0.25, 0.3) is 0 Å². The predicted molar refractivity (Wildman–Crippen MR) is 79.3 cm³/mol. The Labute approximate surface area is 112 Å². The van der Waals surface area contributed by atoms with Crippen LogP contribution in [0.2, 0.25) is 0 Å². The predicted octanol–water partition coefficient (Wildman–Crippen LogP) is 4.17. The molecule has 0 aliphatic rings. The molecule has 18 heavy (non-hydrogen) atoms. The smallest absolute Gasteiger partial charge is 0.0325 e. The lowest BCUT2D eigenvalue weighted by atomic mass is 9.85. The zero-order valence-electron chi connectivity index (χ0n) is 11.9. The van der Waals surface area contributed by atoms with E-state index < -0.39 is 0 Å². The van der Waals surface area contributed by atoms with Gasteiger partial charge in [0.1, 0.15) is 0 Å². The van der Waals surface area contributed by atoms with Gasteiger partial charge in [-0.1, -0.05) is 51.1 Å². The topological polar surface area (TPSA) is 12.0 Å². The average Bonchev–Trinajstić information content (AvgIpc) is 2.33. The van der Waals surface area contributed by atoms with Crippen molar-refractivity contribution in [1.82, 2.24) is 5.32 Å². The number of benzene rings is 1. The summed E-state index contributed by atoms with van der Waals surface area (Å²) in [5.41, 5.74) is 1.69. The average molecular weight is 243 g/mol. The van der Waals surface area contributed by atoms with Gasteiger partial charge in [-0.25, -0.2) is 0 Å². The van der Waals surface area contributed by atoms with Crippen LogP contribution in [0.1, 0.15) is 51.6 Å². The van der Waals surface area contributed by atoms with E-state index >= 15 is 0 Å². The molecule has 0 amide bonds. The second-order valence-electron chi connectivity index (χ2n) is 5.99. The van der Waals surface area contributed by atoms with E-state index in [0.29, 0.717) is 11.5 Å². The van der Waals surface area contributed by atoms with Gasteiger partial charge in [0.2, 0.25) is 0 Å². The molecule has 0 bridgehead atoms. The molecule has 1 aromatic carbocycles. The Morgan fingerprint density at radius 3 is 2.44 bits per heavy atom. The first-order valence-corrected chi connectivity index (χ1v) is 6.75. The van der Waals surface area contributed by atoms with Crippen molar-refractivity contribution in [3.05, 3.63) is 35.9 Å². The van der Waals surface area contributed by atoms with Gasteiger partial charge in [-0.2, -0.15) is 0 Å². The van der Waals surface area contributed by atoms with Crippen molar-refractivity contribution < 1.29 is 0 Å². The SMILES string of the molecule is C#CCCCNC(CC(C)(C)C)c1ccccc1. The molecule has 1 heteroatoms. The van der Waals surface area contributed by atoms with Crippen molar-refractivity contribution in [2.24, 2.45) is 5.41 Å². The van der Waals surface area contributed by atoms with E-state index in [1.807, 2.05) is 0 Å². The third-order valence-corrected chi connectivity index (χ3v) is 2.91. The van der Waals surface area contributed by atoms with Gasteiger partial charge in [0.15, 0.2) is 0 Å². The number of rotatable bonds is 6. The molecule has 1 rings (SSSR count). The number of unbranched alkanes of at least 4 members (excludes halogenated alkanes) is 1. The molecule has 0 aromatic heterocycles. The third-order valence-electron chi connectivity index (χ3n) is 2.91. The number of hydrogen-bond acceptors (Lipinski definition) is 1. The van der Waals surface area contributed by atoms with Crippen molar-refractivity contribution in [3.8, 4) is 12.3 Å². The van der Waals surface area contributed by atoms with Crippen LogP contribution in [0.3, 0.4) is 0 Å². The van der Waals surface area contributed by atoms with E-state index in [1.165, 1.54) is 5.56 Å². The summed E-state index contributed by atoms with van der Waals surface area (Å²) in [5.74, 6) is 2.69. The lowest BCUT2D eigenvalue weighted by Crippen LogP contribution is -2.26. The van der Waals surface area contributed by atoms with E-state index in [2.05, 4.69) is 62.3 Å². The highest BCUT2D eigenvalue weighted by atomic mass is 14.9. The van der Waals surface area contributed by atoms with Crippen molar-refractivity contribution in [2.45, 2.75) is 46.1 Å². The molecule has 0 radical (unpaired) electrons. The fourth-order valence-electron chi connectivity index (χ4n) is 2.07. The summed E-state index contributed by atoms with van der Waals surface area (Å²) in [4.78, 5) is 0. The molecular formula is C17H25N. The van der Waals surface area contributed by atoms with Crippen LogP contribution < -0.4 is 5.32 Å². The first kappa shape index (κ1) is 14.8. The van der Waals surface area contributed by atoms with Crippen LogP contribution >= 0.6 is 0 Å². The largest absolute Gasteiger partial charge is 0.310 e. The molecule has 98 valence electrons. The summed E-state index contributed by atoms with van der Waals surface area (Å²) in [6, 6.07) is 11.1. The second-order valence-corrected chi connectivity index (χ2v) is 5.99. The maximum atomic E-state index is 5.28. The van der Waals surface area contributed by atoms with Crippen LogP contribution in [0.15, 0.2) is 30.3 Å². The summed E-state index contributed by atoms with van der Waals surface area (Å²) in [5, 5.41) is 3.63. The van der Waals surface area contributed by atoms with Crippen molar-refractivity contribution in [2.75, 3.05) is 6.54 Å². The van der Waals surface area contributed by atoms with Crippen LogP contribution in [-0.2, 0) is 0 Å². The zero-order chi connectivity index (χ0) is 13.4. The highest BCUT2D eigenvalue weighted by Gasteiger charge is 2.19. The lowest BCUT2D eigenvalue weighted by Gasteiger charge is -2.27. The molecule has 0 aliphatic heterocycles. The van der Waals surface area contributed by atoms with Crippen molar-refractivity contribution >= 4 is 0 Å². The quantitative estimate of drug-likeness (QED) is 0.584. The minimum atomic E-state index is 0.319. The molecule has 0 heterocycles. The van der Waals surface area contributed by atoms with Crippen LogP contribution in [0, 0.1) is 17.8 Å². The molecule has 0 aliphatic carbocycles. The van der Waals surface area contributed by atoms with E-state index in [4.69, 9.17) is 6.42 Å². The Morgan fingerprint density at radius 2 is 1.89 bits per heavy atom. The molecule has 0 saturated heterocycles. The lowest BCUT2D eigenvalue weighted by molar-refractivity contribution is 0.311. The Hall–Kier alpha value is -1.26. The maximum absolute atomic E-state index is 5.28. The van der Waals surface area contributed by atoms with E-state index in [-0.39, 0.29) is 0 Å². The molecule has 1 unspecified atom stereocenters. The van der Waals surface area contributed by atoms with Crippen molar-refractivity contribution in [1.29, 1.82) is 0 Å². The zero-order valence-corrected chi connectivity index (χ0v) is 11.9. The fraction of sp³-hybridized carbons (Fsp3) is 0.529. The van der Waals surface area contributed by atoms with Gasteiger partial charge in [0.25, 0.3) is 0 Å². The Morgan fingerprint density at radius 1 is 1.22 bits per heavy atom. The summed E-state index contributed by atoms with van der Waals surface area (Å²) in [7, 11) is 0. The molecule has 1 nitrogen and oxygen atoms in total. The fourth-order valence-corrected chi connectivity index (χ4v) is 2.07. The van der Waals surface area contributed by atoms with Crippen LogP contribution in [0.5, 0.6) is 0 Å². The first-order chi connectivity index (χ1) is 8.53. The van der Waals surface area contributed by atoms with Crippen LogP contribution in [-0.4, -0.2) is 6.54 Å². The van der Waals surface area contributed by atoms with E-state index in [0.717, 1.165) is 25.8 Å². The maximum Gasteiger partial charge on any atom is 0.0325 e. The Kier molecular flexibility index (Phi) is 5.95. The normalized spacial score (nSPS) is 13.0. The molecule has 1 aromatic rings. The minimum Gasteiger partial charge on any atom is -0.310 e. The molecule has 0 saturated carbocycles. The molecule has 1 atom stereocenters. The van der Waals surface area contributed by atoms with Gasteiger partial charge in [0, 0.05) is 12.5 Å². The molecule has 0 spiro atoms. The monoisotopic (exact) mass is 243 g/mol. The highest BCUT2D eigenvalue weighted by molar-refractivity contribution is 5.19. The number of nitrogens with one attached hydrogen (secondary N) is 1. The van der Waals surface area contributed by atoms with E-state index in [9.17, 15) is 0 Å². The Balaban J connectivity index is 2.62. The van der Waals surface area contributed by atoms with Gasteiger partial charge >= 0.3 is 0 Å². The minimum absolute atomic E-state index is 0.319. The highest BCUT2D eigenvalue weighted by Crippen LogP contribution is 2.29. The van der Waals surface area contributed by atoms with Gasteiger partial charge < -0.3 is 5.32 Å². The molecule has 0 fully saturated rings. The molecule has 1 N–H and O–H groups in total. The first-order valence-electron chi connectivity index (χ1n) is 6.75. The standard InChI is InChI=1S/C17H25N/c1-5-6-10-13-18-16(14-17(2,3)4)15-11-8-7-9-12-15/h1,7-9,11-12,16,18H,6,10,13-14H2,2-4H3.